The summed E-state index contributed by atoms with van der Waals surface area (Å²) in [5.41, 5.74) is 5.28. The molecule has 2 aromatic rings. The largest absolute Gasteiger partial charge is 0.508 e. The van der Waals surface area contributed by atoms with E-state index >= 15 is 0 Å². The summed E-state index contributed by atoms with van der Waals surface area (Å²) < 4.78 is 0. The summed E-state index contributed by atoms with van der Waals surface area (Å²) in [6, 6.07) is 10.8. The maximum atomic E-state index is 13.7. The zero-order valence-electron chi connectivity index (χ0n) is 24.8. The first-order valence-electron chi connectivity index (χ1n) is 14.7. The van der Waals surface area contributed by atoms with Crippen LogP contribution in [0.25, 0.3) is 0 Å². The van der Waals surface area contributed by atoms with Crippen LogP contribution in [0.5, 0.6) is 11.5 Å². The van der Waals surface area contributed by atoms with Crippen molar-refractivity contribution < 1.29 is 34.5 Å². The predicted octanol–water partition coefficient (Wildman–Crippen LogP) is 1.36. The number of nitrogens with zero attached hydrogens (tertiary/aromatic N) is 1. The number of carbonyl (C=O) groups is 4. The number of carbonyl (C=O) groups excluding carboxylic acids is 3. The van der Waals surface area contributed by atoms with Gasteiger partial charge in [-0.15, -0.1) is 0 Å². The Kier molecular flexibility index (Phi) is 11.9. The lowest BCUT2D eigenvalue weighted by molar-refractivity contribution is -0.144. The van der Waals surface area contributed by atoms with Crippen molar-refractivity contribution in [2.45, 2.75) is 75.9 Å². The van der Waals surface area contributed by atoms with Crippen molar-refractivity contribution in [1.29, 1.82) is 5.41 Å². The lowest BCUT2D eigenvalue weighted by Gasteiger charge is -2.34. The Labute approximate surface area is 256 Å². The Morgan fingerprint density at radius 3 is 2.23 bits per heavy atom. The van der Waals surface area contributed by atoms with Gasteiger partial charge in [-0.25, -0.2) is 4.79 Å². The quantitative estimate of drug-likeness (QED) is 0.0828. The molecule has 9 N–H and O–H groups in total. The average molecular weight is 611 g/mol. The Bertz CT molecular complexity index is 1320. The van der Waals surface area contributed by atoms with Crippen molar-refractivity contribution in [3.05, 3.63) is 59.7 Å². The summed E-state index contributed by atoms with van der Waals surface area (Å²) in [5.74, 6) is -2.70. The van der Waals surface area contributed by atoms with Gasteiger partial charge in [-0.2, -0.15) is 0 Å². The minimum absolute atomic E-state index is 0.00359. The lowest BCUT2D eigenvalue weighted by atomic mass is 9.90. The van der Waals surface area contributed by atoms with Crippen LogP contribution >= 0.6 is 0 Å². The summed E-state index contributed by atoms with van der Waals surface area (Å²) in [6.07, 6.45) is 2.84. The van der Waals surface area contributed by atoms with Gasteiger partial charge >= 0.3 is 5.97 Å². The smallest absolute Gasteiger partial charge is 0.326 e. The number of aromatic hydroxyl groups is 2. The SMILES string of the molecule is C[C@@](Cc1ccc(O)cc1)(NC(=O)[C@@H]1CCCN1C(=O)CCCc1ccc(O)cc1)C(=O)N[C@@H](CCCNC(=N)N)C(=O)O. The average Bonchev–Trinajstić information content (AvgIpc) is 3.47. The van der Waals surface area contributed by atoms with Crippen molar-refractivity contribution in [2.24, 2.45) is 5.73 Å². The molecule has 238 valence electrons. The first-order chi connectivity index (χ1) is 20.9. The van der Waals surface area contributed by atoms with E-state index in [1.165, 1.54) is 24.0 Å². The summed E-state index contributed by atoms with van der Waals surface area (Å²) in [5, 5.41) is 44.1. The van der Waals surface area contributed by atoms with Crippen molar-refractivity contribution in [3.63, 3.8) is 0 Å². The molecule has 1 aliphatic heterocycles. The number of nitrogens with one attached hydrogen (secondary N) is 4. The van der Waals surface area contributed by atoms with E-state index in [1.807, 2.05) is 0 Å². The Morgan fingerprint density at radius 2 is 1.64 bits per heavy atom. The molecule has 3 atom stereocenters. The van der Waals surface area contributed by atoms with E-state index in [9.17, 15) is 34.5 Å². The van der Waals surface area contributed by atoms with Crippen molar-refractivity contribution >= 4 is 29.7 Å². The van der Waals surface area contributed by atoms with Crippen LogP contribution < -0.4 is 21.7 Å². The van der Waals surface area contributed by atoms with Gasteiger partial charge in [-0.3, -0.25) is 19.8 Å². The number of hydrogen-bond donors (Lipinski definition) is 8. The molecule has 3 amide bonds. The van der Waals surface area contributed by atoms with Gasteiger partial charge in [-0.1, -0.05) is 24.3 Å². The van der Waals surface area contributed by atoms with Crippen LogP contribution in [0.4, 0.5) is 0 Å². The Balaban J connectivity index is 1.71. The second-order valence-corrected chi connectivity index (χ2v) is 11.3. The summed E-state index contributed by atoms with van der Waals surface area (Å²) in [4.78, 5) is 53.9. The summed E-state index contributed by atoms with van der Waals surface area (Å²) >= 11 is 0. The third-order valence-electron chi connectivity index (χ3n) is 7.65. The number of aryl methyl sites for hydroxylation is 1. The number of nitrogens with two attached hydrogens (primary N) is 1. The predicted molar refractivity (Wildman–Crippen MR) is 163 cm³/mol. The zero-order valence-corrected chi connectivity index (χ0v) is 24.8. The van der Waals surface area contributed by atoms with Gasteiger partial charge in [-0.05, 0) is 80.8 Å². The minimum atomic E-state index is -1.59. The van der Waals surface area contributed by atoms with Gasteiger partial charge in [0.25, 0.3) is 0 Å². The fourth-order valence-corrected chi connectivity index (χ4v) is 5.25. The molecule has 13 nitrogen and oxygen atoms in total. The van der Waals surface area contributed by atoms with Crippen LogP contribution in [0.2, 0.25) is 0 Å². The van der Waals surface area contributed by atoms with Crippen LogP contribution in [0.1, 0.15) is 56.6 Å². The molecule has 44 heavy (non-hydrogen) atoms. The molecule has 1 heterocycles. The number of phenols is 2. The summed E-state index contributed by atoms with van der Waals surface area (Å²) in [7, 11) is 0. The molecule has 3 rings (SSSR count). The lowest BCUT2D eigenvalue weighted by Crippen LogP contribution is -2.63. The van der Waals surface area contributed by atoms with Gasteiger partial charge in [0.15, 0.2) is 5.96 Å². The molecule has 1 saturated heterocycles. The molecule has 0 saturated carbocycles. The normalized spacial score (nSPS) is 16.4. The molecule has 0 unspecified atom stereocenters. The number of guanidine groups is 1. The van der Waals surface area contributed by atoms with E-state index < -0.39 is 35.4 Å². The fourth-order valence-electron chi connectivity index (χ4n) is 5.25. The van der Waals surface area contributed by atoms with Crippen LogP contribution in [-0.4, -0.2) is 80.6 Å². The van der Waals surface area contributed by atoms with Crippen LogP contribution in [0.3, 0.4) is 0 Å². The molecule has 1 aliphatic rings. The van der Waals surface area contributed by atoms with Crippen LogP contribution in [0, 0.1) is 5.41 Å². The highest BCUT2D eigenvalue weighted by Crippen LogP contribution is 2.23. The number of hydrogen-bond acceptors (Lipinski definition) is 7. The van der Waals surface area contributed by atoms with Crippen LogP contribution in [0.15, 0.2) is 48.5 Å². The number of carboxylic acid groups (broad SMARTS) is 1. The van der Waals surface area contributed by atoms with Gasteiger partial charge in [0, 0.05) is 25.9 Å². The molecular weight excluding hydrogens is 568 g/mol. The first kappa shape index (κ1) is 33.7. The number of rotatable bonds is 15. The third kappa shape index (κ3) is 9.89. The number of phenolic OH excluding ortho intramolecular Hbond substituents is 2. The molecule has 2 aromatic carbocycles. The van der Waals surface area contributed by atoms with Crippen molar-refractivity contribution in [2.75, 3.05) is 13.1 Å². The standard InChI is InChI=1S/C31H42N6O7/c1-31(19-21-11-15-23(39)16-12-21,29(44)35-24(28(42)43)6-3-17-34-30(32)33)36-27(41)25-7-4-18-37(25)26(40)8-2-5-20-9-13-22(38)14-10-20/h9-16,24-25,38-39H,2-8,17-19H2,1H3,(H,35,44)(H,36,41)(H,42,43)(H4,32,33,34)/t24-,25-,31-/m0/s1. The number of aliphatic carboxylic acids is 1. The van der Waals surface area contributed by atoms with Crippen molar-refractivity contribution in [3.8, 4) is 11.5 Å². The highest BCUT2D eigenvalue weighted by atomic mass is 16.4. The molecule has 0 aliphatic carbocycles. The fraction of sp³-hybridized carbons (Fsp3) is 0.452. The van der Waals surface area contributed by atoms with E-state index in [0.29, 0.717) is 44.2 Å². The highest BCUT2D eigenvalue weighted by Gasteiger charge is 2.41. The van der Waals surface area contributed by atoms with Gasteiger partial charge in [0.05, 0.1) is 0 Å². The third-order valence-corrected chi connectivity index (χ3v) is 7.65. The number of benzene rings is 2. The molecule has 1 fully saturated rings. The van der Waals surface area contributed by atoms with Gasteiger partial charge in [0.2, 0.25) is 17.7 Å². The second-order valence-electron chi connectivity index (χ2n) is 11.3. The Morgan fingerprint density at radius 1 is 1.02 bits per heavy atom. The molecule has 0 aromatic heterocycles. The molecule has 0 spiro atoms. The number of amides is 3. The highest BCUT2D eigenvalue weighted by molar-refractivity contribution is 5.96. The second kappa shape index (κ2) is 15.6. The van der Waals surface area contributed by atoms with Gasteiger partial charge in [0.1, 0.15) is 29.1 Å². The van der Waals surface area contributed by atoms with Crippen molar-refractivity contribution in [1.82, 2.24) is 20.9 Å². The molecule has 0 bridgehead atoms. The number of carboxylic acids is 1. The van der Waals surface area contributed by atoms with E-state index in [-0.39, 0.29) is 49.2 Å². The first-order valence-corrected chi connectivity index (χ1v) is 14.7. The molecular formula is C31H42N6O7. The van der Waals surface area contributed by atoms with E-state index in [2.05, 4.69) is 16.0 Å². The van der Waals surface area contributed by atoms with E-state index in [0.717, 1.165) is 5.56 Å². The Hall–Kier alpha value is -4.81. The molecule has 13 heteroatoms. The minimum Gasteiger partial charge on any atom is -0.508 e. The summed E-state index contributed by atoms with van der Waals surface area (Å²) in [6.45, 7) is 2.16. The zero-order chi connectivity index (χ0) is 32.3. The van der Waals surface area contributed by atoms with E-state index in [4.69, 9.17) is 11.1 Å². The maximum absolute atomic E-state index is 13.7. The van der Waals surface area contributed by atoms with E-state index in [1.54, 1.807) is 36.4 Å². The topological polar surface area (TPSA) is 218 Å². The molecule has 0 radical (unpaired) electrons. The van der Waals surface area contributed by atoms with Gasteiger partial charge < -0.3 is 41.9 Å². The maximum Gasteiger partial charge on any atom is 0.326 e. The number of likely N-dealkylation sites (tertiary alicyclic amines) is 1. The monoisotopic (exact) mass is 610 g/mol. The van der Waals surface area contributed by atoms with Crippen LogP contribution in [-0.2, 0) is 32.0 Å².